The van der Waals surface area contributed by atoms with Gasteiger partial charge in [-0.3, -0.25) is 10.1 Å². The highest BCUT2D eigenvalue weighted by Gasteiger charge is 2.25. The third-order valence-electron chi connectivity index (χ3n) is 1.82. The Kier molecular flexibility index (Phi) is 3.30. The van der Waals surface area contributed by atoms with Crippen LogP contribution in [0.5, 0.6) is 0 Å². The molecule has 0 radical (unpaired) electrons. The van der Waals surface area contributed by atoms with E-state index < -0.39 is 22.7 Å². The number of aromatic nitrogens is 1. The minimum atomic E-state index is -3.08. The van der Waals surface area contributed by atoms with Gasteiger partial charge in [0.1, 0.15) is 5.82 Å². The number of hydrogen-bond acceptors (Lipinski definition) is 5. The predicted octanol–water partition coefficient (Wildman–Crippen LogP) is 1.58. The van der Waals surface area contributed by atoms with Crippen LogP contribution >= 0.6 is 0 Å². The van der Waals surface area contributed by atoms with Crippen LogP contribution in [-0.2, 0) is 6.42 Å². The average Bonchev–Trinajstić information content (AvgIpc) is 2.20. The zero-order chi connectivity index (χ0) is 12.3. The van der Waals surface area contributed by atoms with E-state index in [1.54, 1.807) is 6.07 Å². The summed E-state index contributed by atoms with van der Waals surface area (Å²) in [5.41, 5.74) is 3.56. The van der Waals surface area contributed by atoms with Gasteiger partial charge >= 0.3 is 0 Å². The lowest BCUT2D eigenvalue weighted by Gasteiger charge is -2.05. The molecular formula is C8H6F2N4O2. The molecule has 1 aromatic heterocycles. The van der Waals surface area contributed by atoms with Gasteiger partial charge in [-0.25, -0.2) is 13.8 Å². The van der Waals surface area contributed by atoms with E-state index in [1.807, 2.05) is 0 Å². The van der Waals surface area contributed by atoms with Gasteiger partial charge in [-0.1, -0.05) is 0 Å². The third kappa shape index (κ3) is 2.20. The number of hydrogen-bond donors (Lipinski definition) is 1. The van der Waals surface area contributed by atoms with E-state index in [4.69, 9.17) is 11.0 Å². The molecule has 0 bridgehead atoms. The van der Waals surface area contributed by atoms with E-state index in [-0.39, 0.29) is 17.8 Å². The molecular weight excluding hydrogens is 222 g/mol. The van der Waals surface area contributed by atoms with Crippen LogP contribution in [0.1, 0.15) is 17.7 Å². The van der Waals surface area contributed by atoms with Crippen molar-refractivity contribution in [1.29, 1.82) is 5.26 Å². The van der Waals surface area contributed by atoms with E-state index in [9.17, 15) is 18.9 Å². The molecule has 0 aliphatic carbocycles. The summed E-state index contributed by atoms with van der Waals surface area (Å²) in [6.07, 6.45) is -3.30. The van der Waals surface area contributed by atoms with Gasteiger partial charge in [-0.2, -0.15) is 5.26 Å². The smallest absolute Gasteiger partial charge is 0.297 e. The van der Waals surface area contributed by atoms with Crippen molar-refractivity contribution >= 4 is 11.5 Å². The maximum absolute atomic E-state index is 12.4. The lowest BCUT2D eigenvalue weighted by atomic mass is 10.1. The molecule has 0 atom stereocenters. The van der Waals surface area contributed by atoms with Gasteiger partial charge in [0.15, 0.2) is 5.69 Å². The third-order valence-corrected chi connectivity index (χ3v) is 1.82. The first kappa shape index (κ1) is 11.8. The van der Waals surface area contributed by atoms with Crippen LogP contribution in [-0.4, -0.2) is 9.91 Å². The van der Waals surface area contributed by atoms with Crippen molar-refractivity contribution in [3.63, 3.8) is 0 Å². The highest BCUT2D eigenvalue weighted by atomic mass is 19.3. The second-order valence-corrected chi connectivity index (χ2v) is 2.83. The number of alkyl halides is 2. The molecule has 1 aromatic rings. The van der Waals surface area contributed by atoms with Gasteiger partial charge in [-0.15, -0.1) is 0 Å². The molecule has 8 heteroatoms. The van der Waals surface area contributed by atoms with E-state index in [0.29, 0.717) is 0 Å². The summed E-state index contributed by atoms with van der Waals surface area (Å²) in [6.45, 7) is 0. The first-order valence-corrected chi connectivity index (χ1v) is 4.06. The normalized spacial score (nSPS) is 10.1. The molecule has 1 heterocycles. The number of anilines is 1. The molecule has 0 aliphatic rings. The van der Waals surface area contributed by atoms with Crippen LogP contribution in [0.4, 0.5) is 20.3 Å². The molecule has 0 unspecified atom stereocenters. The summed E-state index contributed by atoms with van der Waals surface area (Å²) in [5.74, 6) is -0.289. The monoisotopic (exact) mass is 228 g/mol. The number of rotatable bonds is 3. The van der Waals surface area contributed by atoms with Crippen LogP contribution in [0.2, 0.25) is 0 Å². The first-order chi connectivity index (χ1) is 7.47. The molecule has 0 saturated carbocycles. The summed E-state index contributed by atoms with van der Waals surface area (Å²) in [4.78, 5) is 12.8. The summed E-state index contributed by atoms with van der Waals surface area (Å²) in [7, 11) is 0. The minimum Gasteiger partial charge on any atom is -0.383 e. The van der Waals surface area contributed by atoms with Gasteiger partial charge < -0.3 is 5.73 Å². The number of nitro groups is 1. The Bertz CT molecular complexity index is 470. The highest BCUT2D eigenvalue weighted by Crippen LogP contribution is 2.29. The SMILES string of the molecule is N#CCc1cc([N+](=O)[O-])c(C(F)F)nc1N. The number of nitrogen functional groups attached to an aromatic ring is 1. The fraction of sp³-hybridized carbons (Fsp3) is 0.250. The van der Waals surface area contributed by atoms with Gasteiger partial charge in [0.2, 0.25) is 0 Å². The van der Waals surface area contributed by atoms with E-state index >= 15 is 0 Å². The zero-order valence-electron chi connectivity index (χ0n) is 7.85. The number of halogens is 2. The van der Waals surface area contributed by atoms with E-state index in [2.05, 4.69) is 4.98 Å². The summed E-state index contributed by atoms with van der Waals surface area (Å²) in [6, 6.07) is 2.56. The van der Waals surface area contributed by atoms with Crippen molar-refractivity contribution in [3.8, 4) is 6.07 Å². The highest BCUT2D eigenvalue weighted by molar-refractivity contribution is 5.51. The number of nitrogens with two attached hydrogens (primary N) is 1. The fourth-order valence-electron chi connectivity index (χ4n) is 1.11. The Labute approximate surface area is 88.5 Å². The van der Waals surface area contributed by atoms with Gasteiger partial charge in [-0.05, 0) is 0 Å². The molecule has 0 aliphatic heterocycles. The van der Waals surface area contributed by atoms with Crippen LogP contribution < -0.4 is 5.73 Å². The maximum Gasteiger partial charge on any atom is 0.297 e. The van der Waals surface area contributed by atoms with Crippen molar-refractivity contribution in [3.05, 3.63) is 27.4 Å². The van der Waals surface area contributed by atoms with Crippen LogP contribution in [0.15, 0.2) is 6.07 Å². The topological polar surface area (TPSA) is 106 Å². The quantitative estimate of drug-likeness (QED) is 0.624. The Balaban J connectivity index is 3.38. The largest absolute Gasteiger partial charge is 0.383 e. The standard InChI is InChI=1S/C8H6F2N4O2/c9-7(10)6-5(14(15)16)3-4(1-2-11)8(12)13-6/h3,7H,1H2,(H2,12,13). The van der Waals surface area contributed by atoms with Crippen molar-refractivity contribution in [1.82, 2.24) is 4.98 Å². The van der Waals surface area contributed by atoms with Gasteiger partial charge in [0, 0.05) is 11.6 Å². The predicted molar refractivity (Wildman–Crippen MR) is 49.6 cm³/mol. The average molecular weight is 228 g/mol. The maximum atomic E-state index is 12.4. The van der Waals surface area contributed by atoms with Crippen LogP contribution in [0.3, 0.4) is 0 Å². The van der Waals surface area contributed by atoms with E-state index in [0.717, 1.165) is 6.07 Å². The molecule has 0 spiro atoms. The summed E-state index contributed by atoms with van der Waals surface area (Å²) >= 11 is 0. The molecule has 1 rings (SSSR count). The molecule has 0 fully saturated rings. The summed E-state index contributed by atoms with van der Waals surface area (Å²) < 4.78 is 24.8. The molecule has 6 nitrogen and oxygen atoms in total. The fourth-order valence-corrected chi connectivity index (χ4v) is 1.11. The summed E-state index contributed by atoms with van der Waals surface area (Å²) in [5, 5.41) is 18.9. The Hall–Kier alpha value is -2.30. The molecule has 2 N–H and O–H groups in total. The second-order valence-electron chi connectivity index (χ2n) is 2.83. The molecule has 0 aromatic carbocycles. The number of nitriles is 1. The number of pyridine rings is 1. The first-order valence-electron chi connectivity index (χ1n) is 4.06. The molecule has 0 amide bonds. The van der Waals surface area contributed by atoms with Gasteiger partial charge in [0.05, 0.1) is 17.4 Å². The van der Waals surface area contributed by atoms with Gasteiger partial charge in [0.25, 0.3) is 12.1 Å². The number of nitrogens with zero attached hydrogens (tertiary/aromatic N) is 3. The molecule has 84 valence electrons. The Morgan fingerprint density at radius 2 is 2.31 bits per heavy atom. The Morgan fingerprint density at radius 3 is 2.75 bits per heavy atom. The van der Waals surface area contributed by atoms with Crippen molar-refractivity contribution in [2.24, 2.45) is 0 Å². The second kappa shape index (κ2) is 4.48. The minimum absolute atomic E-state index is 0.0681. The lowest BCUT2D eigenvalue weighted by Crippen LogP contribution is -2.05. The lowest BCUT2D eigenvalue weighted by molar-refractivity contribution is -0.386. The molecule has 0 saturated heterocycles. The Morgan fingerprint density at radius 1 is 1.69 bits per heavy atom. The molecule has 16 heavy (non-hydrogen) atoms. The van der Waals surface area contributed by atoms with E-state index in [1.165, 1.54) is 0 Å². The van der Waals surface area contributed by atoms with Crippen LogP contribution in [0, 0.1) is 21.4 Å². The van der Waals surface area contributed by atoms with Crippen LogP contribution in [0.25, 0.3) is 0 Å². The zero-order valence-corrected chi connectivity index (χ0v) is 7.85. The van der Waals surface area contributed by atoms with Crippen molar-refractivity contribution < 1.29 is 13.7 Å². The van der Waals surface area contributed by atoms with Crippen molar-refractivity contribution in [2.45, 2.75) is 12.8 Å². The van der Waals surface area contributed by atoms with Crippen molar-refractivity contribution in [2.75, 3.05) is 5.73 Å².